The molecular weight excluding hydrogens is 1060 g/mol. The maximum atomic E-state index is 14.7. The molecule has 4 saturated heterocycles. The Morgan fingerprint density at radius 2 is 1.58 bits per heavy atom. The third-order valence-electron chi connectivity index (χ3n) is 16.8. The molecule has 1 amide bonds. The van der Waals surface area contributed by atoms with Crippen molar-refractivity contribution in [2.24, 2.45) is 29.6 Å². The van der Waals surface area contributed by atoms with Crippen LogP contribution in [0.1, 0.15) is 133 Å². The Morgan fingerprint density at radius 3 is 2.18 bits per heavy atom. The first kappa shape index (κ1) is 55.4. The van der Waals surface area contributed by atoms with E-state index in [0.717, 1.165) is 31.3 Å². The summed E-state index contributed by atoms with van der Waals surface area (Å²) in [6, 6.07) is -1.08. The van der Waals surface area contributed by atoms with Crippen molar-refractivity contribution in [2.75, 3.05) is 27.9 Å². The molecule has 4 heterocycles. The number of amides is 1. The fourth-order valence-electron chi connectivity index (χ4n) is 11.7. The predicted octanol–water partition coefficient (Wildman–Crippen LogP) is 8.17. The van der Waals surface area contributed by atoms with Crippen molar-refractivity contribution in [2.45, 2.75) is 221 Å². The number of piperidine rings is 1. The molecule has 13 nitrogen and oxygen atoms in total. The van der Waals surface area contributed by atoms with Crippen LogP contribution in [-0.2, 0) is 70.6 Å². The number of hydrogen-bond donors (Lipinski definition) is 2. The number of fused-ring (bicyclic) bond motifs is 5. The van der Waals surface area contributed by atoms with Gasteiger partial charge in [-0.05, 0) is 24.6 Å². The zero-order chi connectivity index (χ0) is 48.4. The van der Waals surface area contributed by atoms with E-state index in [1.54, 1.807) is 28.3 Å². The fraction of sp³-hybridized carbons (Fsp3) is 0.898. The number of ether oxygens (including phenoxy) is 6. The summed E-state index contributed by atoms with van der Waals surface area (Å²) in [7, 11) is 9.87. The van der Waals surface area contributed by atoms with Gasteiger partial charge < -0.3 is 9.16 Å². The summed E-state index contributed by atoms with van der Waals surface area (Å²) in [5.74, 6) is -6.30. The maximum absolute atomic E-state index is 14.7. The molecule has 4 bridgehead atoms. The number of carbonyl (C=O) groups is 3. The van der Waals surface area contributed by atoms with Crippen LogP contribution in [0.15, 0.2) is 11.6 Å². The standard InChI is InChI=1S/C49H84NO12Si.ClH.Hg/c1-15-34-28-48(9)27-29(2)22-40(57-11)43-41(58-12)24-31(4)49(55,61-43)44(52)45(53)50-21-17-16-18-35(50)46(54)59-42(32(5)36(51)26-38(34)60-48)30(3)23-33-19-20-37(39(25-33)56-10)62-63(13,14)47(6,7)8;;/h23,28-29,31-43,51,55H,15-22,24-27H2,1-14H3;1H;/q;;+1/p-1/b30-23+;;/t29-,31-,32-,33+,34-,35+,36+,37-,38+,39-,40+,41+,42-,43-,48+,49-;;/m1../s1. The summed E-state index contributed by atoms with van der Waals surface area (Å²) >= 11 is -1.99. The molecule has 0 aromatic rings. The summed E-state index contributed by atoms with van der Waals surface area (Å²) in [5, 5.41) is 24.6. The van der Waals surface area contributed by atoms with Gasteiger partial charge in [0.2, 0.25) is 0 Å². The Morgan fingerprint density at radius 1 is 0.938 bits per heavy atom. The number of ketones is 1. The van der Waals surface area contributed by atoms with Gasteiger partial charge in [0.05, 0.1) is 6.10 Å². The average molecular weight is 1140 g/mol. The summed E-state index contributed by atoms with van der Waals surface area (Å²) in [5.41, 5.74) is 0.262. The molecule has 4 aliphatic heterocycles. The van der Waals surface area contributed by atoms with Gasteiger partial charge in [-0.1, -0.05) is 20.8 Å². The molecule has 17 atom stereocenters. The number of nitrogens with zero attached hydrogens (tertiary/aromatic N) is 1. The molecule has 0 radical (unpaired) electrons. The molecule has 370 valence electrons. The molecule has 0 aromatic heterocycles. The molecule has 5 fully saturated rings. The molecule has 0 unspecified atom stereocenters. The van der Waals surface area contributed by atoms with Crippen molar-refractivity contribution in [1.82, 2.24) is 4.90 Å². The first-order valence-electron chi connectivity index (χ1n) is 24.7. The van der Waals surface area contributed by atoms with E-state index >= 15 is 0 Å². The van der Waals surface area contributed by atoms with Gasteiger partial charge >= 0.3 is 334 Å². The second kappa shape index (κ2) is 22.7. The van der Waals surface area contributed by atoms with Crippen LogP contribution < -0.4 is 0 Å². The molecule has 5 aliphatic rings. The number of Topliss-reactive ketones (excluding diaryl/α,β-unsaturated/α-hetero) is 1. The third-order valence-corrected chi connectivity index (χ3v) is 31.2. The van der Waals surface area contributed by atoms with E-state index in [4.69, 9.17) is 41.1 Å². The molecule has 5 rings (SSSR count). The van der Waals surface area contributed by atoms with Crippen molar-refractivity contribution in [1.29, 1.82) is 0 Å². The Bertz CT molecular complexity index is 1670. The zero-order valence-electron chi connectivity index (χ0n) is 42.2. The van der Waals surface area contributed by atoms with Gasteiger partial charge in [-0.2, -0.15) is 0 Å². The number of methoxy groups -OCH3 is 3. The number of aliphatic hydroxyl groups excluding tert-OH is 1. The molecular formula is C49H84ClHgNO12Si. The van der Waals surface area contributed by atoms with Crippen molar-refractivity contribution < 1.29 is 80.8 Å². The van der Waals surface area contributed by atoms with Gasteiger partial charge in [0.1, 0.15) is 0 Å². The fourth-order valence-corrected chi connectivity index (χ4v) is 23.7. The predicted molar refractivity (Wildman–Crippen MR) is 248 cm³/mol. The van der Waals surface area contributed by atoms with Crippen molar-refractivity contribution in [3.63, 3.8) is 0 Å². The Labute approximate surface area is 407 Å². The molecule has 2 N–H and O–H groups in total. The quantitative estimate of drug-likeness (QED) is 0.0989. The average Bonchev–Trinajstić information content (AvgIpc) is 3.52. The van der Waals surface area contributed by atoms with E-state index in [1.165, 1.54) is 4.90 Å². The van der Waals surface area contributed by atoms with Crippen molar-refractivity contribution in [3.8, 4) is 0 Å². The van der Waals surface area contributed by atoms with E-state index in [1.807, 2.05) is 13.8 Å². The Hall–Kier alpha value is -0.528. The third kappa shape index (κ3) is 12.2. The number of esters is 1. The number of hydrogen-bond acceptors (Lipinski definition) is 12. The van der Waals surface area contributed by atoms with Gasteiger partial charge in [-0.25, -0.2) is 0 Å². The van der Waals surface area contributed by atoms with Gasteiger partial charge in [0.25, 0.3) is 0 Å². The van der Waals surface area contributed by atoms with Crippen LogP contribution in [0.3, 0.4) is 0 Å². The topological polar surface area (TPSA) is 160 Å². The molecule has 65 heavy (non-hydrogen) atoms. The van der Waals surface area contributed by atoms with E-state index in [0.29, 0.717) is 32.1 Å². The molecule has 1 saturated carbocycles. The number of aliphatic hydroxyl groups is 2. The van der Waals surface area contributed by atoms with Crippen LogP contribution in [0.4, 0.5) is 0 Å². The van der Waals surface area contributed by atoms with E-state index in [-0.39, 0.29) is 63.9 Å². The van der Waals surface area contributed by atoms with Crippen molar-refractivity contribution in [3.05, 3.63) is 11.6 Å². The van der Waals surface area contributed by atoms with Crippen LogP contribution in [-0.4, -0.2) is 135 Å². The minimum atomic E-state index is -2.49. The number of cyclic esters (lactones) is 1. The first-order chi connectivity index (χ1) is 30.4. The molecule has 0 spiro atoms. The summed E-state index contributed by atoms with van der Waals surface area (Å²) in [4.78, 5) is 44.8. The second-order valence-corrected chi connectivity index (χ2v) is 34.4. The number of halogens is 1. The van der Waals surface area contributed by atoms with Gasteiger partial charge in [0, 0.05) is 7.11 Å². The molecule has 16 heteroatoms. The van der Waals surface area contributed by atoms with Crippen LogP contribution >= 0.6 is 8.25 Å². The number of rotatable bonds is 9. The van der Waals surface area contributed by atoms with E-state index < -0.39 is 109 Å². The summed E-state index contributed by atoms with van der Waals surface area (Å²) in [6.07, 6.45) is 4.57. The van der Waals surface area contributed by atoms with E-state index in [9.17, 15) is 24.6 Å². The summed E-state index contributed by atoms with van der Waals surface area (Å²) in [6.45, 7) is 23.4. The van der Waals surface area contributed by atoms with Gasteiger partial charge in [0.15, 0.2) is 8.32 Å². The second-order valence-electron chi connectivity index (χ2n) is 22.3. The number of allylic oxidation sites excluding steroid dienone is 1. The van der Waals surface area contributed by atoms with Crippen LogP contribution in [0, 0.1) is 29.6 Å². The van der Waals surface area contributed by atoms with Crippen LogP contribution in [0.5, 0.6) is 0 Å². The first-order valence-corrected chi connectivity index (χ1v) is 37.6. The minimum absolute atomic E-state index is 0.0196. The molecule has 1 aliphatic carbocycles. The zero-order valence-corrected chi connectivity index (χ0v) is 49.5. The van der Waals surface area contributed by atoms with Crippen molar-refractivity contribution >= 4 is 34.2 Å². The SMILES string of the molecule is CC[C@H]1[C@@H]2C[C@H](O)[C@@H](C)[C@@H](/C(C)=C/[C@@H]3CC[C@@H](O[Si](C)(C)C(C)(C)C)[C@H](OC)C3)OC(=O)[C@@H]3CCCCN3C(=O)C(=O)[C@]3(O)O[C@H]([C@@H](OC)C[C@@H](C)C[C@](C)(O2)[C@@H]1[Hg][Cl])[C@@H](OC)C[C@H]3C. The Kier molecular flexibility index (Phi) is 19.3. The van der Waals surface area contributed by atoms with Crippen LogP contribution in [0.25, 0.3) is 0 Å². The monoisotopic (exact) mass is 1140 g/mol. The summed E-state index contributed by atoms with van der Waals surface area (Å²) < 4.78 is 45.2. The Balaban J connectivity index is 1.53. The van der Waals surface area contributed by atoms with Gasteiger partial charge in [-0.3, -0.25) is 0 Å². The van der Waals surface area contributed by atoms with Crippen LogP contribution in [0.2, 0.25) is 21.6 Å². The number of carbonyl (C=O) groups excluding carboxylic acids is 3. The van der Waals surface area contributed by atoms with Gasteiger partial charge in [-0.15, -0.1) is 0 Å². The molecule has 0 aromatic carbocycles. The normalized spacial score (nSPS) is 42.2. The van der Waals surface area contributed by atoms with E-state index in [2.05, 4.69) is 60.7 Å².